The number of pyridine rings is 2. The van der Waals surface area contributed by atoms with E-state index >= 15 is 0 Å². The lowest BCUT2D eigenvalue weighted by Crippen LogP contribution is -2.19. The number of ketones is 1. The van der Waals surface area contributed by atoms with E-state index in [2.05, 4.69) is 14.7 Å². The van der Waals surface area contributed by atoms with Crippen molar-refractivity contribution in [3.8, 4) is 0 Å². The quantitative estimate of drug-likeness (QED) is 0.385. The van der Waals surface area contributed by atoms with Gasteiger partial charge in [-0.25, -0.2) is 23.2 Å². The highest BCUT2D eigenvalue weighted by Gasteiger charge is 2.26. The zero-order chi connectivity index (χ0) is 21.8. The molecule has 10 heteroatoms. The summed E-state index contributed by atoms with van der Waals surface area (Å²) in [4.78, 5) is 55.8. The van der Waals surface area contributed by atoms with Crippen LogP contribution in [0.25, 0.3) is 0 Å². The van der Waals surface area contributed by atoms with Crippen LogP contribution in [-0.2, 0) is 4.74 Å². The Bertz CT molecular complexity index is 1200. The second-order valence-electron chi connectivity index (χ2n) is 5.78. The maximum atomic E-state index is 13.9. The molecule has 0 atom stereocenters. The largest absolute Gasteiger partial charge is 0.478 e. The SMILES string of the molecule is O=C(O)c1ccncc1C(=O)OC(=O)c1ccncc1C(=O)c1cc(F)ccc1F. The van der Waals surface area contributed by atoms with Gasteiger partial charge in [-0.2, -0.15) is 0 Å². The van der Waals surface area contributed by atoms with E-state index < -0.39 is 63.1 Å². The second kappa shape index (κ2) is 8.35. The lowest BCUT2D eigenvalue weighted by Gasteiger charge is -2.09. The monoisotopic (exact) mass is 412 g/mol. The van der Waals surface area contributed by atoms with Crippen LogP contribution < -0.4 is 0 Å². The summed E-state index contributed by atoms with van der Waals surface area (Å²) in [5.41, 5.74) is -2.48. The first-order valence-electron chi connectivity index (χ1n) is 8.17. The first-order chi connectivity index (χ1) is 14.3. The molecular weight excluding hydrogens is 402 g/mol. The lowest BCUT2D eigenvalue weighted by molar-refractivity contribution is 0.0390. The predicted octanol–water partition coefficient (Wildman–Crippen LogP) is 2.68. The zero-order valence-electron chi connectivity index (χ0n) is 14.8. The molecule has 0 aliphatic heterocycles. The average molecular weight is 412 g/mol. The Labute approximate surface area is 166 Å². The van der Waals surface area contributed by atoms with Crippen LogP contribution in [0, 0.1) is 11.6 Å². The average Bonchev–Trinajstić information content (AvgIpc) is 2.74. The Balaban J connectivity index is 1.93. The Hall–Kier alpha value is -4.34. The van der Waals surface area contributed by atoms with E-state index in [1.165, 1.54) is 0 Å². The number of hydrogen-bond acceptors (Lipinski definition) is 7. The van der Waals surface area contributed by atoms with Crippen molar-refractivity contribution in [1.29, 1.82) is 0 Å². The zero-order valence-corrected chi connectivity index (χ0v) is 14.8. The van der Waals surface area contributed by atoms with Gasteiger partial charge in [0.2, 0.25) is 0 Å². The maximum absolute atomic E-state index is 13.9. The van der Waals surface area contributed by atoms with Crippen molar-refractivity contribution in [1.82, 2.24) is 9.97 Å². The van der Waals surface area contributed by atoms with Gasteiger partial charge in [0, 0.05) is 24.8 Å². The molecule has 3 rings (SSSR count). The molecule has 0 aliphatic carbocycles. The van der Waals surface area contributed by atoms with Crippen molar-refractivity contribution in [2.75, 3.05) is 0 Å². The lowest BCUT2D eigenvalue weighted by atomic mass is 10.00. The van der Waals surface area contributed by atoms with Crippen LogP contribution in [0.3, 0.4) is 0 Å². The maximum Gasteiger partial charge on any atom is 0.348 e. The van der Waals surface area contributed by atoms with E-state index in [-0.39, 0.29) is 0 Å². The molecule has 3 aromatic rings. The van der Waals surface area contributed by atoms with Crippen LogP contribution in [-0.4, -0.2) is 38.8 Å². The summed E-state index contributed by atoms with van der Waals surface area (Å²) in [5.74, 6) is -7.05. The number of aromatic nitrogens is 2. The molecule has 0 spiro atoms. The molecule has 0 aliphatic rings. The van der Waals surface area contributed by atoms with Crippen LogP contribution in [0.1, 0.15) is 47.0 Å². The number of benzene rings is 1. The first kappa shape index (κ1) is 20.4. The summed E-state index contributed by atoms with van der Waals surface area (Å²) in [5, 5.41) is 9.12. The molecule has 8 nitrogen and oxygen atoms in total. The number of carboxylic acid groups (broad SMARTS) is 1. The summed E-state index contributed by atoms with van der Waals surface area (Å²) in [6, 6.07) is 4.30. The van der Waals surface area contributed by atoms with Gasteiger partial charge in [0.25, 0.3) is 0 Å². The van der Waals surface area contributed by atoms with E-state index in [0.29, 0.717) is 6.07 Å². The minimum atomic E-state index is -1.45. The summed E-state index contributed by atoms with van der Waals surface area (Å²) in [6.45, 7) is 0. The van der Waals surface area contributed by atoms with Gasteiger partial charge in [0.1, 0.15) is 11.6 Å². The molecule has 2 aromatic heterocycles. The van der Waals surface area contributed by atoms with Gasteiger partial charge in [0.15, 0.2) is 5.78 Å². The minimum absolute atomic E-state index is 0.440. The minimum Gasteiger partial charge on any atom is -0.478 e. The fourth-order valence-electron chi connectivity index (χ4n) is 2.51. The molecule has 2 heterocycles. The molecule has 0 fully saturated rings. The molecule has 0 radical (unpaired) electrons. The van der Waals surface area contributed by atoms with Crippen molar-refractivity contribution in [2.45, 2.75) is 0 Å². The molecule has 0 bridgehead atoms. The van der Waals surface area contributed by atoms with Crippen LogP contribution in [0.2, 0.25) is 0 Å². The van der Waals surface area contributed by atoms with Crippen molar-refractivity contribution in [3.05, 3.63) is 94.6 Å². The predicted molar refractivity (Wildman–Crippen MR) is 95.0 cm³/mol. The van der Waals surface area contributed by atoms with Gasteiger partial charge in [-0.1, -0.05) is 0 Å². The van der Waals surface area contributed by atoms with Crippen molar-refractivity contribution < 1.29 is 37.8 Å². The topological polar surface area (TPSA) is 124 Å². The fraction of sp³-hybridized carbons (Fsp3) is 0. The highest BCUT2D eigenvalue weighted by atomic mass is 19.1. The van der Waals surface area contributed by atoms with Gasteiger partial charge in [-0.05, 0) is 30.3 Å². The van der Waals surface area contributed by atoms with Crippen molar-refractivity contribution in [2.24, 2.45) is 0 Å². The highest BCUT2D eigenvalue weighted by Crippen LogP contribution is 2.19. The molecule has 0 saturated heterocycles. The van der Waals surface area contributed by atoms with Crippen molar-refractivity contribution >= 4 is 23.7 Å². The summed E-state index contributed by atoms with van der Waals surface area (Å²) < 4.78 is 32.0. The van der Waals surface area contributed by atoms with Crippen LogP contribution in [0.15, 0.2) is 55.1 Å². The summed E-state index contributed by atoms with van der Waals surface area (Å²) in [6.07, 6.45) is 4.09. The number of carbonyl (C=O) groups is 4. The number of carbonyl (C=O) groups excluding carboxylic acids is 3. The standard InChI is InChI=1S/C20H10F2N2O6/c21-10-1-2-16(22)13(7-10)17(25)14-8-23-6-4-12(14)19(28)30-20(29)15-9-24-5-3-11(15)18(26)27/h1-9H,(H,26,27). The molecule has 0 amide bonds. The summed E-state index contributed by atoms with van der Waals surface area (Å²) >= 11 is 0. The van der Waals surface area contributed by atoms with Crippen molar-refractivity contribution in [3.63, 3.8) is 0 Å². The number of halogens is 2. The number of carboxylic acids is 1. The van der Waals surface area contributed by atoms with Gasteiger partial charge < -0.3 is 9.84 Å². The number of hydrogen-bond donors (Lipinski definition) is 1. The molecule has 1 aromatic carbocycles. The Kier molecular flexibility index (Phi) is 5.68. The van der Waals surface area contributed by atoms with Gasteiger partial charge in [0.05, 0.1) is 27.8 Å². The molecular formula is C20H10F2N2O6. The number of rotatable bonds is 5. The number of aromatic carboxylic acids is 1. The van der Waals surface area contributed by atoms with Crippen LogP contribution >= 0.6 is 0 Å². The van der Waals surface area contributed by atoms with Gasteiger partial charge in [-0.3, -0.25) is 14.8 Å². The Morgan fingerprint density at radius 3 is 2.03 bits per heavy atom. The number of esters is 2. The van der Waals surface area contributed by atoms with Gasteiger partial charge >= 0.3 is 17.9 Å². The molecule has 1 N–H and O–H groups in total. The third kappa shape index (κ3) is 4.07. The van der Waals surface area contributed by atoms with Crippen LogP contribution in [0.5, 0.6) is 0 Å². The van der Waals surface area contributed by atoms with Crippen LogP contribution in [0.4, 0.5) is 8.78 Å². The van der Waals surface area contributed by atoms with E-state index in [0.717, 1.165) is 49.1 Å². The van der Waals surface area contributed by atoms with Gasteiger partial charge in [-0.15, -0.1) is 0 Å². The van der Waals surface area contributed by atoms with E-state index in [4.69, 9.17) is 5.11 Å². The highest BCUT2D eigenvalue weighted by molar-refractivity contribution is 6.16. The molecule has 0 unspecified atom stereocenters. The number of ether oxygens (including phenoxy) is 1. The third-order valence-electron chi connectivity index (χ3n) is 3.92. The molecule has 30 heavy (non-hydrogen) atoms. The Morgan fingerprint density at radius 1 is 0.767 bits per heavy atom. The first-order valence-corrected chi connectivity index (χ1v) is 8.17. The van der Waals surface area contributed by atoms with E-state index in [1.54, 1.807) is 0 Å². The smallest absolute Gasteiger partial charge is 0.348 e. The van der Waals surface area contributed by atoms with E-state index in [1.807, 2.05) is 0 Å². The molecule has 150 valence electrons. The number of nitrogens with zero attached hydrogens (tertiary/aromatic N) is 2. The fourth-order valence-corrected chi connectivity index (χ4v) is 2.51. The second-order valence-corrected chi connectivity index (χ2v) is 5.78. The Morgan fingerprint density at radius 2 is 1.37 bits per heavy atom. The normalized spacial score (nSPS) is 10.3. The third-order valence-corrected chi connectivity index (χ3v) is 3.92. The summed E-state index contributed by atoms with van der Waals surface area (Å²) in [7, 11) is 0. The van der Waals surface area contributed by atoms with E-state index in [9.17, 15) is 28.0 Å². The molecule has 0 saturated carbocycles.